The minimum absolute atomic E-state index is 0.0171. The van der Waals surface area contributed by atoms with Crippen LogP contribution in [0.5, 0.6) is 0 Å². The molecule has 2 rings (SSSR count). The SMILES string of the molecule is COCC(CNc1nc2c(cc1CN)CCCC2)OC. The largest absolute Gasteiger partial charge is 0.382 e. The zero-order valence-corrected chi connectivity index (χ0v) is 12.4. The van der Waals surface area contributed by atoms with Crippen molar-refractivity contribution in [3.8, 4) is 0 Å². The monoisotopic (exact) mass is 279 g/mol. The summed E-state index contributed by atoms with van der Waals surface area (Å²) in [5.41, 5.74) is 9.51. The van der Waals surface area contributed by atoms with Gasteiger partial charge in [0.15, 0.2) is 0 Å². The molecular formula is C15H25N3O2. The highest BCUT2D eigenvalue weighted by atomic mass is 16.5. The molecule has 1 aromatic rings. The summed E-state index contributed by atoms with van der Waals surface area (Å²) in [4.78, 5) is 4.76. The van der Waals surface area contributed by atoms with Gasteiger partial charge in [-0.05, 0) is 37.3 Å². The van der Waals surface area contributed by atoms with Gasteiger partial charge in [-0.25, -0.2) is 4.98 Å². The molecule has 1 atom stereocenters. The molecule has 112 valence electrons. The fourth-order valence-corrected chi connectivity index (χ4v) is 2.60. The second kappa shape index (κ2) is 7.57. The topological polar surface area (TPSA) is 69.4 Å². The predicted molar refractivity (Wildman–Crippen MR) is 79.9 cm³/mol. The Morgan fingerprint density at radius 1 is 1.35 bits per heavy atom. The van der Waals surface area contributed by atoms with Crippen LogP contribution in [0.4, 0.5) is 5.82 Å². The quantitative estimate of drug-likeness (QED) is 0.791. The number of nitrogens with zero attached hydrogens (tertiary/aromatic N) is 1. The Morgan fingerprint density at radius 2 is 2.15 bits per heavy atom. The lowest BCUT2D eigenvalue weighted by atomic mass is 9.94. The lowest BCUT2D eigenvalue weighted by Gasteiger charge is -2.21. The summed E-state index contributed by atoms with van der Waals surface area (Å²) in [6.45, 7) is 1.74. The first-order chi connectivity index (χ1) is 9.78. The maximum Gasteiger partial charge on any atom is 0.130 e. The Bertz CT molecular complexity index is 437. The number of aromatic nitrogens is 1. The van der Waals surface area contributed by atoms with Crippen molar-refractivity contribution >= 4 is 5.82 Å². The smallest absolute Gasteiger partial charge is 0.130 e. The van der Waals surface area contributed by atoms with E-state index in [1.807, 2.05) is 0 Å². The van der Waals surface area contributed by atoms with Crippen LogP contribution in [0.15, 0.2) is 6.07 Å². The summed E-state index contributed by atoms with van der Waals surface area (Å²) in [6.07, 6.45) is 4.70. The number of hydrogen-bond donors (Lipinski definition) is 2. The van der Waals surface area contributed by atoms with E-state index in [0.29, 0.717) is 19.7 Å². The van der Waals surface area contributed by atoms with Gasteiger partial charge in [0, 0.05) is 38.6 Å². The number of fused-ring (bicyclic) bond motifs is 1. The second-order valence-corrected chi connectivity index (χ2v) is 5.21. The minimum Gasteiger partial charge on any atom is -0.382 e. The van der Waals surface area contributed by atoms with Crippen LogP contribution in [-0.4, -0.2) is 38.5 Å². The van der Waals surface area contributed by atoms with Crippen LogP contribution < -0.4 is 11.1 Å². The summed E-state index contributed by atoms with van der Waals surface area (Å²) in [6, 6.07) is 2.21. The standard InChI is InChI=1S/C15H25N3O2/c1-19-10-13(20-2)9-17-15-12(8-16)7-11-5-3-4-6-14(11)18-15/h7,13H,3-6,8-10,16H2,1-2H3,(H,17,18). The van der Waals surface area contributed by atoms with Crippen molar-refractivity contribution in [3.05, 3.63) is 22.9 Å². The van der Waals surface area contributed by atoms with Gasteiger partial charge in [-0.15, -0.1) is 0 Å². The lowest BCUT2D eigenvalue weighted by molar-refractivity contribution is 0.0365. The molecule has 0 spiro atoms. The number of ether oxygens (including phenoxy) is 2. The number of anilines is 1. The molecule has 0 radical (unpaired) electrons. The number of aryl methyl sites for hydroxylation is 2. The summed E-state index contributed by atoms with van der Waals surface area (Å²) in [7, 11) is 3.37. The molecule has 1 aliphatic rings. The Kier molecular flexibility index (Phi) is 5.76. The molecule has 0 saturated carbocycles. The van der Waals surface area contributed by atoms with E-state index in [1.165, 1.54) is 24.1 Å². The first-order valence-electron chi connectivity index (χ1n) is 7.25. The number of pyridine rings is 1. The van der Waals surface area contributed by atoms with Crippen molar-refractivity contribution in [3.63, 3.8) is 0 Å². The van der Waals surface area contributed by atoms with E-state index in [1.54, 1.807) is 14.2 Å². The fraction of sp³-hybridized carbons (Fsp3) is 0.667. The Labute approximate surface area is 120 Å². The first kappa shape index (κ1) is 15.2. The molecule has 1 heterocycles. The van der Waals surface area contributed by atoms with E-state index >= 15 is 0 Å². The van der Waals surface area contributed by atoms with Crippen molar-refractivity contribution < 1.29 is 9.47 Å². The van der Waals surface area contributed by atoms with Gasteiger partial charge in [0.1, 0.15) is 5.82 Å². The van der Waals surface area contributed by atoms with Crippen LogP contribution in [-0.2, 0) is 28.9 Å². The number of hydrogen-bond acceptors (Lipinski definition) is 5. The molecular weight excluding hydrogens is 254 g/mol. The zero-order valence-electron chi connectivity index (χ0n) is 12.4. The summed E-state index contributed by atoms with van der Waals surface area (Å²) >= 11 is 0. The van der Waals surface area contributed by atoms with Gasteiger partial charge in [0.2, 0.25) is 0 Å². The third-order valence-corrected chi connectivity index (χ3v) is 3.78. The van der Waals surface area contributed by atoms with E-state index in [2.05, 4.69) is 11.4 Å². The molecule has 1 unspecified atom stereocenters. The summed E-state index contributed by atoms with van der Waals surface area (Å²) in [5.74, 6) is 0.895. The highest BCUT2D eigenvalue weighted by Crippen LogP contribution is 2.24. The first-order valence-corrected chi connectivity index (χ1v) is 7.25. The van der Waals surface area contributed by atoms with Crippen LogP contribution in [0.2, 0.25) is 0 Å². The van der Waals surface area contributed by atoms with Gasteiger partial charge in [-0.3, -0.25) is 0 Å². The zero-order chi connectivity index (χ0) is 14.4. The van der Waals surface area contributed by atoms with E-state index < -0.39 is 0 Å². The highest BCUT2D eigenvalue weighted by molar-refractivity contribution is 5.48. The third-order valence-electron chi connectivity index (χ3n) is 3.78. The van der Waals surface area contributed by atoms with Crippen LogP contribution in [0.25, 0.3) is 0 Å². The molecule has 3 N–H and O–H groups in total. The van der Waals surface area contributed by atoms with Gasteiger partial charge in [-0.2, -0.15) is 0 Å². The molecule has 0 bridgehead atoms. The van der Waals surface area contributed by atoms with Crippen molar-refractivity contribution in [2.45, 2.75) is 38.3 Å². The van der Waals surface area contributed by atoms with E-state index in [0.717, 1.165) is 24.2 Å². The van der Waals surface area contributed by atoms with Crippen molar-refractivity contribution in [2.75, 3.05) is 32.7 Å². The van der Waals surface area contributed by atoms with Crippen LogP contribution in [0.1, 0.15) is 29.7 Å². The van der Waals surface area contributed by atoms with Crippen molar-refractivity contribution in [1.82, 2.24) is 4.98 Å². The van der Waals surface area contributed by atoms with E-state index in [4.69, 9.17) is 20.2 Å². The summed E-state index contributed by atoms with van der Waals surface area (Å²) in [5, 5.41) is 3.35. The third kappa shape index (κ3) is 3.69. The molecule has 5 nitrogen and oxygen atoms in total. The van der Waals surface area contributed by atoms with Crippen molar-refractivity contribution in [1.29, 1.82) is 0 Å². The van der Waals surface area contributed by atoms with Crippen LogP contribution >= 0.6 is 0 Å². The molecule has 0 aliphatic heterocycles. The average Bonchev–Trinajstić information content (AvgIpc) is 2.50. The molecule has 1 aromatic heterocycles. The van der Waals surface area contributed by atoms with Gasteiger partial charge < -0.3 is 20.5 Å². The molecule has 0 aromatic carbocycles. The molecule has 20 heavy (non-hydrogen) atoms. The molecule has 0 amide bonds. The van der Waals surface area contributed by atoms with Gasteiger partial charge >= 0.3 is 0 Å². The number of nitrogens with two attached hydrogens (primary N) is 1. The second-order valence-electron chi connectivity index (χ2n) is 5.21. The van der Waals surface area contributed by atoms with Crippen LogP contribution in [0, 0.1) is 0 Å². The maximum absolute atomic E-state index is 5.85. The predicted octanol–water partition coefficient (Wildman–Crippen LogP) is 1.49. The Hall–Kier alpha value is -1.17. The van der Waals surface area contributed by atoms with E-state index in [9.17, 15) is 0 Å². The molecule has 5 heteroatoms. The van der Waals surface area contributed by atoms with Gasteiger partial charge in [0.25, 0.3) is 0 Å². The van der Waals surface area contributed by atoms with Crippen molar-refractivity contribution in [2.24, 2.45) is 5.73 Å². The maximum atomic E-state index is 5.85. The molecule has 0 saturated heterocycles. The Morgan fingerprint density at radius 3 is 2.85 bits per heavy atom. The summed E-state index contributed by atoms with van der Waals surface area (Å²) < 4.78 is 10.5. The lowest BCUT2D eigenvalue weighted by Crippen LogP contribution is -2.27. The average molecular weight is 279 g/mol. The fourth-order valence-electron chi connectivity index (χ4n) is 2.60. The molecule has 0 fully saturated rings. The highest BCUT2D eigenvalue weighted by Gasteiger charge is 2.15. The molecule has 1 aliphatic carbocycles. The van der Waals surface area contributed by atoms with Crippen LogP contribution in [0.3, 0.4) is 0 Å². The normalized spacial score (nSPS) is 15.8. The number of rotatable bonds is 7. The van der Waals surface area contributed by atoms with E-state index in [-0.39, 0.29) is 6.10 Å². The minimum atomic E-state index is 0.0171. The number of methoxy groups -OCH3 is 2. The Balaban J connectivity index is 2.09. The van der Waals surface area contributed by atoms with Gasteiger partial charge in [0.05, 0.1) is 12.7 Å². The van der Waals surface area contributed by atoms with Gasteiger partial charge in [-0.1, -0.05) is 0 Å². The number of nitrogens with one attached hydrogen (secondary N) is 1.